The Morgan fingerprint density at radius 2 is 2.15 bits per heavy atom. The number of methoxy groups -OCH3 is 1. The fourth-order valence-electron chi connectivity index (χ4n) is 2.85. The second-order valence-electron chi connectivity index (χ2n) is 5.73. The van der Waals surface area contributed by atoms with Crippen LogP contribution in [0.4, 0.5) is 9.80 Å². The van der Waals surface area contributed by atoms with Crippen molar-refractivity contribution in [1.29, 1.82) is 0 Å². The van der Waals surface area contributed by atoms with Crippen LogP contribution < -0.4 is 5.32 Å². The van der Waals surface area contributed by atoms with Gasteiger partial charge in [0, 0.05) is 11.4 Å². The lowest BCUT2D eigenvalue weighted by molar-refractivity contribution is -0.117. The van der Waals surface area contributed by atoms with Crippen molar-refractivity contribution < 1.29 is 33.3 Å². The van der Waals surface area contributed by atoms with E-state index in [1.54, 1.807) is 11.8 Å². The lowest BCUT2D eigenvalue weighted by atomic mass is 10.0. The van der Waals surface area contributed by atoms with E-state index in [9.17, 15) is 14.4 Å². The van der Waals surface area contributed by atoms with E-state index < -0.39 is 18.0 Å². The summed E-state index contributed by atoms with van der Waals surface area (Å²) in [5.41, 5.74) is 1.11. The molecule has 3 heterocycles. The summed E-state index contributed by atoms with van der Waals surface area (Å²) in [6.45, 7) is 3.30. The van der Waals surface area contributed by atoms with Crippen molar-refractivity contribution in [3.05, 3.63) is 28.0 Å². The summed E-state index contributed by atoms with van der Waals surface area (Å²) in [4.78, 5) is 39.0. The summed E-state index contributed by atoms with van der Waals surface area (Å²) in [6, 6.07) is 0. The lowest BCUT2D eigenvalue weighted by Crippen LogP contribution is -2.35. The van der Waals surface area contributed by atoms with E-state index in [0.717, 1.165) is 10.4 Å². The first-order valence-electron chi connectivity index (χ1n) is 8.45. The molecule has 0 bridgehead atoms. The average Bonchev–Trinajstić information content (AvgIpc) is 3.05. The zero-order valence-corrected chi connectivity index (χ0v) is 15.8. The molecular formula is C17H20N2O7S. The van der Waals surface area contributed by atoms with Crippen LogP contribution in [0.1, 0.15) is 27.7 Å². The minimum atomic E-state index is -0.510. The van der Waals surface area contributed by atoms with Crippen molar-refractivity contribution in [1.82, 2.24) is 4.90 Å². The van der Waals surface area contributed by atoms with E-state index in [1.807, 2.05) is 0 Å². The summed E-state index contributed by atoms with van der Waals surface area (Å²) >= 11 is 1.23. The van der Waals surface area contributed by atoms with Crippen LogP contribution in [0, 0.1) is 0 Å². The third kappa shape index (κ3) is 4.00. The second kappa shape index (κ2) is 8.30. The molecule has 0 spiro atoms. The highest BCUT2D eigenvalue weighted by Crippen LogP contribution is 2.38. The molecule has 1 aromatic rings. The second-order valence-corrected chi connectivity index (χ2v) is 6.83. The first-order chi connectivity index (χ1) is 13.0. The number of rotatable bonds is 4. The molecule has 0 saturated heterocycles. The van der Waals surface area contributed by atoms with E-state index in [0.29, 0.717) is 36.7 Å². The SMILES string of the molecule is CCOC(=O)c1c(NC(=O)C2=COCCO2)sc2c1CCN(C(=O)OC)C2. The predicted molar refractivity (Wildman–Crippen MR) is 95.4 cm³/mol. The van der Waals surface area contributed by atoms with Crippen molar-refractivity contribution >= 4 is 34.3 Å². The lowest BCUT2D eigenvalue weighted by Gasteiger charge is -2.25. The molecule has 9 nitrogen and oxygen atoms in total. The van der Waals surface area contributed by atoms with E-state index in [1.165, 1.54) is 24.7 Å². The maximum atomic E-state index is 12.5. The monoisotopic (exact) mass is 396 g/mol. The molecule has 1 N–H and O–H groups in total. The van der Waals surface area contributed by atoms with Crippen molar-refractivity contribution in [2.45, 2.75) is 19.9 Å². The van der Waals surface area contributed by atoms with E-state index in [-0.39, 0.29) is 19.0 Å². The summed E-state index contributed by atoms with van der Waals surface area (Å²) in [5.74, 6) is -0.978. The maximum Gasteiger partial charge on any atom is 0.409 e. The van der Waals surface area contributed by atoms with Crippen molar-refractivity contribution in [2.75, 3.05) is 38.8 Å². The molecule has 2 aliphatic heterocycles. The third-order valence-electron chi connectivity index (χ3n) is 4.07. The highest BCUT2D eigenvalue weighted by Gasteiger charge is 2.32. The topological polar surface area (TPSA) is 103 Å². The maximum absolute atomic E-state index is 12.5. The predicted octanol–water partition coefficient (Wildman–Crippen LogP) is 1.88. The minimum Gasteiger partial charge on any atom is -0.494 e. The number of hydrogen-bond acceptors (Lipinski definition) is 8. The van der Waals surface area contributed by atoms with Gasteiger partial charge in [0.2, 0.25) is 5.76 Å². The summed E-state index contributed by atoms with van der Waals surface area (Å²) in [6.07, 6.45) is 1.28. The van der Waals surface area contributed by atoms with Gasteiger partial charge in [-0.2, -0.15) is 0 Å². The van der Waals surface area contributed by atoms with Gasteiger partial charge >= 0.3 is 12.1 Å². The molecule has 0 aliphatic carbocycles. The molecule has 146 valence electrons. The molecule has 3 rings (SSSR count). The van der Waals surface area contributed by atoms with Crippen LogP contribution in [0.2, 0.25) is 0 Å². The number of nitrogens with one attached hydrogen (secondary N) is 1. The zero-order chi connectivity index (χ0) is 19.4. The number of amides is 2. The normalized spacial score (nSPS) is 15.6. The molecule has 10 heteroatoms. The summed E-state index contributed by atoms with van der Waals surface area (Å²) in [7, 11) is 1.32. The van der Waals surface area contributed by atoms with E-state index >= 15 is 0 Å². The zero-order valence-electron chi connectivity index (χ0n) is 15.0. The number of ether oxygens (including phenoxy) is 4. The molecule has 0 aromatic carbocycles. The Labute approximate surface area is 159 Å². The molecule has 0 atom stereocenters. The van der Waals surface area contributed by atoms with Gasteiger partial charge in [0.25, 0.3) is 5.91 Å². The average molecular weight is 396 g/mol. The number of nitrogens with zero attached hydrogens (tertiary/aromatic N) is 1. The molecule has 0 radical (unpaired) electrons. The van der Waals surface area contributed by atoms with Crippen LogP contribution >= 0.6 is 11.3 Å². The van der Waals surface area contributed by atoms with Gasteiger partial charge in [-0.15, -0.1) is 11.3 Å². The van der Waals surface area contributed by atoms with Gasteiger partial charge in [-0.05, 0) is 18.9 Å². The standard InChI is InChI=1S/C17H20N2O7S/c1-3-25-16(21)13-10-4-5-19(17(22)23-2)8-12(10)27-15(13)18-14(20)11-9-24-6-7-26-11/h9H,3-8H2,1-2H3,(H,18,20). The molecule has 2 aliphatic rings. The fourth-order valence-corrected chi connectivity index (χ4v) is 4.09. The Morgan fingerprint density at radius 3 is 2.81 bits per heavy atom. The van der Waals surface area contributed by atoms with E-state index in [2.05, 4.69) is 5.32 Å². The largest absolute Gasteiger partial charge is 0.494 e. The molecule has 1 aromatic heterocycles. The Kier molecular flexibility index (Phi) is 5.84. The fraction of sp³-hybridized carbons (Fsp3) is 0.471. The first-order valence-corrected chi connectivity index (χ1v) is 9.27. The van der Waals surface area contributed by atoms with Gasteiger partial charge < -0.3 is 29.2 Å². The van der Waals surface area contributed by atoms with Crippen molar-refractivity contribution in [2.24, 2.45) is 0 Å². The van der Waals surface area contributed by atoms with Crippen molar-refractivity contribution in [3.63, 3.8) is 0 Å². The van der Waals surface area contributed by atoms with Crippen LogP contribution in [-0.2, 0) is 36.7 Å². The number of hydrogen-bond donors (Lipinski definition) is 1. The quantitative estimate of drug-likeness (QED) is 0.775. The van der Waals surface area contributed by atoms with Gasteiger partial charge in [-0.3, -0.25) is 4.79 Å². The highest BCUT2D eigenvalue weighted by molar-refractivity contribution is 7.17. The first kappa shape index (κ1) is 19.0. The number of carbonyl (C=O) groups is 3. The molecule has 0 unspecified atom stereocenters. The summed E-state index contributed by atoms with van der Waals surface area (Å²) in [5, 5.41) is 3.07. The van der Waals surface area contributed by atoms with Crippen LogP contribution in [0.5, 0.6) is 0 Å². The van der Waals surface area contributed by atoms with Gasteiger partial charge in [0.05, 0.1) is 25.8 Å². The van der Waals surface area contributed by atoms with Crippen LogP contribution in [-0.4, -0.2) is 56.3 Å². The molecule has 0 saturated carbocycles. The highest BCUT2D eigenvalue weighted by atomic mass is 32.1. The molecule has 2 amide bonds. The Bertz CT molecular complexity index is 786. The van der Waals surface area contributed by atoms with Gasteiger partial charge in [-0.25, -0.2) is 9.59 Å². The Hall–Kier alpha value is -2.75. The molecule has 27 heavy (non-hydrogen) atoms. The number of anilines is 1. The molecular weight excluding hydrogens is 376 g/mol. The van der Waals surface area contributed by atoms with E-state index in [4.69, 9.17) is 18.9 Å². The Balaban J connectivity index is 1.89. The van der Waals surface area contributed by atoms with Crippen molar-refractivity contribution in [3.8, 4) is 0 Å². The van der Waals surface area contributed by atoms with Gasteiger partial charge in [0.1, 0.15) is 24.5 Å². The van der Waals surface area contributed by atoms with Gasteiger partial charge in [0.15, 0.2) is 0 Å². The molecule has 0 fully saturated rings. The number of esters is 1. The van der Waals surface area contributed by atoms with Gasteiger partial charge in [-0.1, -0.05) is 0 Å². The number of fused-ring (bicyclic) bond motifs is 1. The number of thiophene rings is 1. The van der Waals surface area contributed by atoms with Crippen LogP contribution in [0.15, 0.2) is 12.0 Å². The Morgan fingerprint density at radius 1 is 1.33 bits per heavy atom. The third-order valence-corrected chi connectivity index (χ3v) is 5.20. The summed E-state index contributed by atoms with van der Waals surface area (Å²) < 4.78 is 20.3. The number of carbonyl (C=O) groups excluding carboxylic acids is 3. The smallest absolute Gasteiger partial charge is 0.409 e. The minimum absolute atomic E-state index is 0.0404. The van der Waals surface area contributed by atoms with Crippen LogP contribution in [0.25, 0.3) is 0 Å². The van der Waals surface area contributed by atoms with Crippen LogP contribution in [0.3, 0.4) is 0 Å².